The third-order valence-electron chi connectivity index (χ3n) is 1.58. The second kappa shape index (κ2) is 1.59. The summed E-state index contributed by atoms with van der Waals surface area (Å²) in [6.45, 7) is 3.91. The number of rotatable bonds is 0. The van der Waals surface area contributed by atoms with Crippen molar-refractivity contribution in [1.82, 2.24) is 0 Å². The van der Waals surface area contributed by atoms with E-state index in [1.807, 2.05) is 13.0 Å². The predicted molar refractivity (Wildman–Crippen MR) is 33.6 cm³/mol. The van der Waals surface area contributed by atoms with Gasteiger partial charge in [0.1, 0.15) is 0 Å². The molecule has 1 aliphatic rings. The highest BCUT2D eigenvalue weighted by Gasteiger charge is 2.21. The van der Waals surface area contributed by atoms with Crippen molar-refractivity contribution in [2.24, 2.45) is 0 Å². The highest BCUT2D eigenvalue weighted by Crippen LogP contribution is 2.26. The molecule has 0 bridgehead atoms. The molecule has 1 N–H and O–H groups in total. The van der Waals surface area contributed by atoms with Crippen molar-refractivity contribution < 1.29 is 5.11 Å². The second-order valence-electron chi connectivity index (χ2n) is 2.85. The lowest BCUT2D eigenvalue weighted by atomic mass is 10.1. The molecule has 1 atom stereocenters. The fraction of sp³-hybridized carbons (Fsp3) is 0.714. The molecule has 0 radical (unpaired) electrons. The van der Waals surface area contributed by atoms with Crippen molar-refractivity contribution in [2.45, 2.75) is 32.3 Å². The number of hydrogen-bond acceptors (Lipinski definition) is 1. The Bertz CT molecular complexity index is 122. The van der Waals surface area contributed by atoms with Crippen LogP contribution < -0.4 is 0 Å². The van der Waals surface area contributed by atoms with Crippen LogP contribution in [0.3, 0.4) is 0 Å². The van der Waals surface area contributed by atoms with E-state index in [0.717, 1.165) is 12.8 Å². The highest BCUT2D eigenvalue weighted by atomic mass is 16.3. The lowest BCUT2D eigenvalue weighted by Crippen LogP contribution is -2.15. The SMILES string of the molecule is CC1=CC(C)(O)CC1. The van der Waals surface area contributed by atoms with Crippen LogP contribution in [-0.4, -0.2) is 10.7 Å². The van der Waals surface area contributed by atoms with E-state index in [4.69, 9.17) is 0 Å². The minimum absolute atomic E-state index is 0.496. The molecule has 1 heteroatoms. The van der Waals surface area contributed by atoms with Gasteiger partial charge in [0.15, 0.2) is 0 Å². The summed E-state index contributed by atoms with van der Waals surface area (Å²) in [5.41, 5.74) is 0.819. The molecule has 0 amide bonds. The minimum Gasteiger partial charge on any atom is -0.386 e. The van der Waals surface area contributed by atoms with Gasteiger partial charge in [0.2, 0.25) is 0 Å². The van der Waals surface area contributed by atoms with E-state index >= 15 is 0 Å². The van der Waals surface area contributed by atoms with E-state index in [9.17, 15) is 5.11 Å². The standard InChI is InChI=1S/C7H12O/c1-6-3-4-7(2,8)5-6/h5,8H,3-4H2,1-2H3. The van der Waals surface area contributed by atoms with Crippen molar-refractivity contribution >= 4 is 0 Å². The predicted octanol–water partition coefficient (Wildman–Crippen LogP) is 1.48. The lowest BCUT2D eigenvalue weighted by Gasteiger charge is -2.10. The average molecular weight is 112 g/mol. The van der Waals surface area contributed by atoms with E-state index in [2.05, 4.69) is 6.92 Å². The van der Waals surface area contributed by atoms with Crippen molar-refractivity contribution in [1.29, 1.82) is 0 Å². The van der Waals surface area contributed by atoms with Gasteiger partial charge >= 0.3 is 0 Å². The van der Waals surface area contributed by atoms with Crippen molar-refractivity contribution in [2.75, 3.05) is 0 Å². The Hall–Kier alpha value is -0.300. The van der Waals surface area contributed by atoms with Crippen LogP contribution in [0.1, 0.15) is 26.7 Å². The van der Waals surface area contributed by atoms with Crippen molar-refractivity contribution in [3.8, 4) is 0 Å². The van der Waals surface area contributed by atoms with Gasteiger partial charge in [0.05, 0.1) is 5.60 Å². The third kappa shape index (κ3) is 1.10. The molecule has 0 heterocycles. The lowest BCUT2D eigenvalue weighted by molar-refractivity contribution is 0.112. The highest BCUT2D eigenvalue weighted by molar-refractivity contribution is 5.14. The second-order valence-corrected chi connectivity index (χ2v) is 2.85. The van der Waals surface area contributed by atoms with Gasteiger partial charge in [-0.1, -0.05) is 11.6 Å². The van der Waals surface area contributed by atoms with Gasteiger partial charge in [0.25, 0.3) is 0 Å². The zero-order valence-corrected chi connectivity index (χ0v) is 5.44. The zero-order valence-electron chi connectivity index (χ0n) is 5.44. The molecule has 0 aromatic heterocycles. The fourth-order valence-corrected chi connectivity index (χ4v) is 1.13. The average Bonchev–Trinajstić information content (AvgIpc) is 1.82. The van der Waals surface area contributed by atoms with Gasteiger partial charge < -0.3 is 5.11 Å². The van der Waals surface area contributed by atoms with E-state index in [-0.39, 0.29) is 0 Å². The first kappa shape index (κ1) is 5.83. The van der Waals surface area contributed by atoms with Crippen LogP contribution in [0.25, 0.3) is 0 Å². The molecular formula is C7H12O. The molecule has 0 aromatic carbocycles. The quantitative estimate of drug-likeness (QED) is 0.470. The number of allylic oxidation sites excluding steroid dienone is 1. The first-order valence-electron chi connectivity index (χ1n) is 3.01. The molecule has 1 rings (SSSR count). The van der Waals surface area contributed by atoms with Crippen LogP contribution in [0.4, 0.5) is 0 Å². The molecule has 1 unspecified atom stereocenters. The van der Waals surface area contributed by atoms with Crippen LogP contribution in [0.5, 0.6) is 0 Å². The normalized spacial score (nSPS) is 37.6. The molecule has 0 fully saturated rings. The molecular weight excluding hydrogens is 100 g/mol. The monoisotopic (exact) mass is 112 g/mol. The van der Waals surface area contributed by atoms with E-state index in [0.29, 0.717) is 0 Å². The summed E-state index contributed by atoms with van der Waals surface area (Å²) in [7, 11) is 0. The van der Waals surface area contributed by atoms with Gasteiger partial charge in [-0.05, 0) is 26.7 Å². The Morgan fingerprint density at radius 2 is 2.38 bits per heavy atom. The fourth-order valence-electron chi connectivity index (χ4n) is 1.13. The van der Waals surface area contributed by atoms with Crippen LogP contribution in [0.2, 0.25) is 0 Å². The Morgan fingerprint density at radius 1 is 1.75 bits per heavy atom. The maximum Gasteiger partial charge on any atom is 0.0805 e. The molecule has 46 valence electrons. The summed E-state index contributed by atoms with van der Waals surface area (Å²) in [5.74, 6) is 0. The summed E-state index contributed by atoms with van der Waals surface area (Å²) in [6.07, 6.45) is 3.90. The van der Waals surface area contributed by atoms with Crippen molar-refractivity contribution in [3.05, 3.63) is 11.6 Å². The summed E-state index contributed by atoms with van der Waals surface area (Å²) >= 11 is 0. The molecule has 1 nitrogen and oxygen atoms in total. The number of hydrogen-bond donors (Lipinski definition) is 1. The largest absolute Gasteiger partial charge is 0.386 e. The molecule has 0 saturated heterocycles. The van der Waals surface area contributed by atoms with Crippen LogP contribution in [-0.2, 0) is 0 Å². The topological polar surface area (TPSA) is 20.2 Å². The van der Waals surface area contributed by atoms with Crippen LogP contribution >= 0.6 is 0 Å². The van der Waals surface area contributed by atoms with Gasteiger partial charge in [-0.2, -0.15) is 0 Å². The third-order valence-corrected chi connectivity index (χ3v) is 1.58. The van der Waals surface area contributed by atoms with Gasteiger partial charge in [-0.25, -0.2) is 0 Å². The Labute approximate surface area is 50.0 Å². The summed E-state index contributed by atoms with van der Waals surface area (Å²) < 4.78 is 0. The summed E-state index contributed by atoms with van der Waals surface area (Å²) in [6, 6.07) is 0. The Morgan fingerprint density at radius 3 is 2.50 bits per heavy atom. The Kier molecular flexibility index (Phi) is 1.16. The Balaban J connectivity index is 2.67. The van der Waals surface area contributed by atoms with E-state index in [1.54, 1.807) is 0 Å². The first-order chi connectivity index (χ1) is 3.60. The van der Waals surface area contributed by atoms with Crippen LogP contribution in [0.15, 0.2) is 11.6 Å². The molecule has 0 saturated carbocycles. The maximum absolute atomic E-state index is 9.29. The molecule has 1 aliphatic carbocycles. The summed E-state index contributed by atoms with van der Waals surface area (Å²) in [5, 5.41) is 9.29. The molecule has 0 aromatic rings. The first-order valence-corrected chi connectivity index (χ1v) is 3.01. The minimum atomic E-state index is -0.496. The molecule has 0 aliphatic heterocycles. The molecule has 8 heavy (non-hydrogen) atoms. The van der Waals surface area contributed by atoms with Gasteiger partial charge in [0, 0.05) is 0 Å². The van der Waals surface area contributed by atoms with Gasteiger partial charge in [-0.15, -0.1) is 0 Å². The summed E-state index contributed by atoms with van der Waals surface area (Å²) in [4.78, 5) is 0. The zero-order chi connectivity index (χ0) is 6.20. The molecule has 0 spiro atoms. The smallest absolute Gasteiger partial charge is 0.0805 e. The number of aliphatic hydroxyl groups is 1. The van der Waals surface area contributed by atoms with Gasteiger partial charge in [-0.3, -0.25) is 0 Å². The van der Waals surface area contributed by atoms with Crippen LogP contribution in [0, 0.1) is 0 Å². The van der Waals surface area contributed by atoms with Crippen molar-refractivity contribution in [3.63, 3.8) is 0 Å². The van der Waals surface area contributed by atoms with E-state index < -0.39 is 5.60 Å². The maximum atomic E-state index is 9.29. The van der Waals surface area contributed by atoms with E-state index in [1.165, 1.54) is 5.57 Å².